The van der Waals surface area contributed by atoms with Gasteiger partial charge in [-0.15, -0.1) is 0 Å². The zero-order valence-electron chi connectivity index (χ0n) is 15.6. The third-order valence-electron chi connectivity index (χ3n) is 4.64. The number of primary amides is 1. The van der Waals surface area contributed by atoms with Crippen LogP contribution in [0.25, 0.3) is 21.8 Å². The molecule has 0 unspecified atom stereocenters. The van der Waals surface area contributed by atoms with Crippen molar-refractivity contribution in [3.8, 4) is 0 Å². The molecule has 28 heavy (non-hydrogen) atoms. The molecule has 0 atom stereocenters. The first-order valence-corrected chi connectivity index (χ1v) is 8.77. The molecule has 4 rings (SSSR count). The number of aryl methyl sites for hydroxylation is 2. The Labute approximate surface area is 161 Å². The molecule has 0 radical (unpaired) electrons. The van der Waals surface area contributed by atoms with E-state index in [1.54, 1.807) is 24.3 Å². The van der Waals surface area contributed by atoms with Gasteiger partial charge in [-0.3, -0.25) is 14.9 Å². The lowest BCUT2D eigenvalue weighted by molar-refractivity contribution is 0.256. The van der Waals surface area contributed by atoms with Gasteiger partial charge in [-0.1, -0.05) is 0 Å². The number of amides is 2. The number of nitrogens with zero attached hydrogens (tertiary/aromatic N) is 3. The van der Waals surface area contributed by atoms with Crippen LogP contribution in [0.3, 0.4) is 0 Å². The van der Waals surface area contributed by atoms with Gasteiger partial charge < -0.3 is 17.2 Å². The average molecular weight is 372 g/mol. The van der Waals surface area contributed by atoms with Gasteiger partial charge in [-0.05, 0) is 62.4 Å². The molecule has 4 aromatic rings. The standard InChI is InChI=1S/C21H20N6O/c1-11-7-17(22)15-9-13(3-5-19(15)25-11)27(21(24)28)14-4-6-20-16(10-14)18(23)8-12(2)26-20/h3-10H,1-2H3,(H2,22,25)(H2,23,26)(H2,24,28). The molecule has 7 heteroatoms. The average Bonchev–Trinajstić information content (AvgIpc) is 2.62. The number of carbonyl (C=O) groups is 1. The van der Waals surface area contributed by atoms with Gasteiger partial charge in [0.2, 0.25) is 0 Å². The van der Waals surface area contributed by atoms with Crippen LogP contribution in [-0.4, -0.2) is 16.0 Å². The molecule has 2 aromatic carbocycles. The van der Waals surface area contributed by atoms with Gasteiger partial charge in [-0.2, -0.15) is 0 Å². The molecule has 0 spiro atoms. The smallest absolute Gasteiger partial charge is 0.323 e. The summed E-state index contributed by atoms with van der Waals surface area (Å²) in [6.07, 6.45) is 0. The van der Waals surface area contributed by atoms with Crippen LogP contribution in [0.4, 0.5) is 27.5 Å². The summed E-state index contributed by atoms with van der Waals surface area (Å²) in [6, 6.07) is 13.8. The molecule has 0 aliphatic heterocycles. The van der Waals surface area contributed by atoms with E-state index in [4.69, 9.17) is 17.2 Å². The summed E-state index contributed by atoms with van der Waals surface area (Å²) in [6.45, 7) is 3.77. The number of hydrogen-bond donors (Lipinski definition) is 3. The van der Waals surface area contributed by atoms with Crippen molar-refractivity contribution < 1.29 is 4.79 Å². The van der Waals surface area contributed by atoms with Crippen LogP contribution in [0.5, 0.6) is 0 Å². The number of benzene rings is 2. The van der Waals surface area contributed by atoms with Crippen molar-refractivity contribution in [3.63, 3.8) is 0 Å². The van der Waals surface area contributed by atoms with E-state index in [2.05, 4.69) is 9.97 Å². The van der Waals surface area contributed by atoms with Gasteiger partial charge in [0.05, 0.1) is 22.4 Å². The minimum Gasteiger partial charge on any atom is -0.398 e. The van der Waals surface area contributed by atoms with Crippen molar-refractivity contribution >= 4 is 50.6 Å². The number of carbonyl (C=O) groups excluding carboxylic acids is 1. The number of rotatable bonds is 2. The second-order valence-electron chi connectivity index (χ2n) is 6.78. The number of anilines is 4. The van der Waals surface area contributed by atoms with E-state index in [0.717, 1.165) is 33.2 Å². The van der Waals surface area contributed by atoms with Crippen molar-refractivity contribution in [3.05, 3.63) is 59.9 Å². The highest BCUT2D eigenvalue weighted by atomic mass is 16.2. The molecule has 2 heterocycles. The lowest BCUT2D eigenvalue weighted by Gasteiger charge is -2.22. The number of aromatic nitrogens is 2. The van der Waals surface area contributed by atoms with Crippen molar-refractivity contribution in [1.29, 1.82) is 0 Å². The quantitative estimate of drug-likeness (QED) is 0.494. The zero-order chi connectivity index (χ0) is 20.0. The van der Waals surface area contributed by atoms with E-state index >= 15 is 0 Å². The van der Waals surface area contributed by atoms with Crippen molar-refractivity contribution in [2.45, 2.75) is 13.8 Å². The molecule has 7 nitrogen and oxygen atoms in total. The number of pyridine rings is 2. The minimum atomic E-state index is -0.615. The molecule has 140 valence electrons. The van der Waals surface area contributed by atoms with Gasteiger partial charge in [-0.25, -0.2) is 4.79 Å². The van der Waals surface area contributed by atoms with E-state index in [-0.39, 0.29) is 0 Å². The van der Waals surface area contributed by atoms with E-state index in [1.807, 2.05) is 38.1 Å². The fraction of sp³-hybridized carbons (Fsp3) is 0.0952. The fourth-order valence-electron chi connectivity index (χ4n) is 3.44. The van der Waals surface area contributed by atoms with Gasteiger partial charge >= 0.3 is 6.03 Å². The van der Waals surface area contributed by atoms with Gasteiger partial charge in [0.25, 0.3) is 0 Å². The molecule has 0 bridgehead atoms. The predicted molar refractivity (Wildman–Crippen MR) is 114 cm³/mol. The molecule has 2 amide bonds. The van der Waals surface area contributed by atoms with Crippen molar-refractivity contribution in [2.75, 3.05) is 16.4 Å². The monoisotopic (exact) mass is 372 g/mol. The highest BCUT2D eigenvalue weighted by Gasteiger charge is 2.17. The van der Waals surface area contributed by atoms with Crippen LogP contribution in [-0.2, 0) is 0 Å². The summed E-state index contributed by atoms with van der Waals surface area (Å²) in [5.74, 6) is 0. The van der Waals surface area contributed by atoms with Crippen molar-refractivity contribution in [2.24, 2.45) is 5.73 Å². The maximum Gasteiger partial charge on any atom is 0.323 e. The summed E-state index contributed by atoms with van der Waals surface area (Å²) in [4.78, 5) is 22.7. The maximum absolute atomic E-state index is 12.3. The van der Waals surface area contributed by atoms with Crippen LogP contribution in [0.1, 0.15) is 11.4 Å². The molecule has 0 fully saturated rings. The van der Waals surface area contributed by atoms with E-state index in [0.29, 0.717) is 22.7 Å². The predicted octanol–water partition coefficient (Wildman–Crippen LogP) is 3.78. The highest BCUT2D eigenvalue weighted by Crippen LogP contribution is 2.33. The van der Waals surface area contributed by atoms with Gasteiger partial charge in [0, 0.05) is 33.5 Å². The SMILES string of the molecule is Cc1cc(N)c2cc(N(C(N)=O)c3ccc4nc(C)cc(N)c4c3)ccc2n1. The number of nitrogen functional groups attached to an aromatic ring is 2. The van der Waals surface area contributed by atoms with E-state index in [1.165, 1.54) is 4.90 Å². The Morgan fingerprint density at radius 2 is 1.21 bits per heavy atom. The third kappa shape index (κ3) is 2.92. The summed E-state index contributed by atoms with van der Waals surface area (Å²) in [7, 11) is 0. The second kappa shape index (κ2) is 6.38. The topological polar surface area (TPSA) is 124 Å². The first-order chi connectivity index (χ1) is 13.3. The Kier molecular flexibility index (Phi) is 4.00. The molecule has 0 saturated heterocycles. The van der Waals surface area contributed by atoms with Crippen LogP contribution in [0, 0.1) is 13.8 Å². The number of fused-ring (bicyclic) bond motifs is 2. The molecule has 0 saturated carbocycles. The molecule has 0 aliphatic rings. The Morgan fingerprint density at radius 3 is 1.61 bits per heavy atom. The number of nitrogens with two attached hydrogens (primary N) is 3. The molecular weight excluding hydrogens is 352 g/mol. The van der Waals surface area contributed by atoms with Crippen LogP contribution >= 0.6 is 0 Å². The number of hydrogen-bond acceptors (Lipinski definition) is 5. The third-order valence-corrected chi connectivity index (χ3v) is 4.64. The summed E-state index contributed by atoms with van der Waals surface area (Å²) >= 11 is 0. The number of urea groups is 1. The first kappa shape index (κ1) is 17.5. The Hall–Kier alpha value is -3.87. The van der Waals surface area contributed by atoms with Crippen molar-refractivity contribution in [1.82, 2.24) is 9.97 Å². The van der Waals surface area contributed by atoms with Crippen LogP contribution in [0.15, 0.2) is 48.5 Å². The Bertz CT molecular complexity index is 1160. The summed E-state index contributed by atoms with van der Waals surface area (Å²) in [5, 5.41) is 1.51. The highest BCUT2D eigenvalue weighted by molar-refractivity contribution is 6.04. The van der Waals surface area contributed by atoms with Gasteiger partial charge in [0.1, 0.15) is 0 Å². The van der Waals surface area contributed by atoms with E-state index < -0.39 is 6.03 Å². The fourth-order valence-corrected chi connectivity index (χ4v) is 3.44. The van der Waals surface area contributed by atoms with Gasteiger partial charge in [0.15, 0.2) is 0 Å². The Balaban J connectivity index is 1.89. The van der Waals surface area contributed by atoms with E-state index in [9.17, 15) is 4.79 Å². The summed E-state index contributed by atoms with van der Waals surface area (Å²) < 4.78 is 0. The van der Waals surface area contributed by atoms with Crippen LogP contribution in [0.2, 0.25) is 0 Å². The molecule has 0 aliphatic carbocycles. The molecule has 2 aromatic heterocycles. The van der Waals surface area contributed by atoms with Crippen LogP contribution < -0.4 is 22.1 Å². The lowest BCUT2D eigenvalue weighted by atomic mass is 10.1. The Morgan fingerprint density at radius 1 is 0.786 bits per heavy atom. The lowest BCUT2D eigenvalue weighted by Crippen LogP contribution is -2.31. The maximum atomic E-state index is 12.3. The normalized spacial score (nSPS) is 11.1. The molecule has 6 N–H and O–H groups in total. The largest absolute Gasteiger partial charge is 0.398 e. The minimum absolute atomic E-state index is 0.593. The second-order valence-corrected chi connectivity index (χ2v) is 6.78. The molecular formula is C21H20N6O. The first-order valence-electron chi connectivity index (χ1n) is 8.77. The summed E-state index contributed by atoms with van der Waals surface area (Å²) in [5.41, 5.74) is 23.6. The zero-order valence-corrected chi connectivity index (χ0v) is 15.6.